The number of rotatable bonds is 5. The number of carbonyl (C=O) groups is 1. The van der Waals surface area contributed by atoms with Gasteiger partial charge in [-0.1, -0.05) is 18.2 Å². The monoisotopic (exact) mass is 407 g/mol. The molecule has 2 heterocycles. The molecular formula is C21H17N3O4S. The van der Waals surface area contributed by atoms with Crippen molar-refractivity contribution in [3.63, 3.8) is 0 Å². The SMILES string of the molecule is Cc1csc2nc(Cc3cccc(NC(=O)c4cccc(NO)c4)c3)oc(=O)c12. The van der Waals surface area contributed by atoms with Crippen LogP contribution in [0.5, 0.6) is 0 Å². The summed E-state index contributed by atoms with van der Waals surface area (Å²) >= 11 is 1.41. The molecule has 2 aromatic heterocycles. The zero-order valence-electron chi connectivity index (χ0n) is 15.4. The van der Waals surface area contributed by atoms with Gasteiger partial charge in [0, 0.05) is 17.7 Å². The first-order chi connectivity index (χ1) is 14.0. The van der Waals surface area contributed by atoms with E-state index in [0.29, 0.717) is 39.5 Å². The number of fused-ring (bicyclic) bond motifs is 1. The van der Waals surface area contributed by atoms with Crippen molar-refractivity contribution in [3.8, 4) is 0 Å². The Bertz CT molecular complexity index is 1260. The lowest BCUT2D eigenvalue weighted by Gasteiger charge is -2.08. The van der Waals surface area contributed by atoms with Gasteiger partial charge < -0.3 is 9.73 Å². The summed E-state index contributed by atoms with van der Waals surface area (Å²) in [6.07, 6.45) is 0.329. The van der Waals surface area contributed by atoms with E-state index in [9.17, 15) is 9.59 Å². The van der Waals surface area contributed by atoms with Crippen LogP contribution in [-0.2, 0) is 6.42 Å². The smallest absolute Gasteiger partial charge is 0.348 e. The fraction of sp³-hybridized carbons (Fsp3) is 0.0952. The fourth-order valence-corrected chi connectivity index (χ4v) is 3.92. The number of carbonyl (C=O) groups excluding carboxylic acids is 1. The van der Waals surface area contributed by atoms with Crippen molar-refractivity contribution in [3.05, 3.63) is 86.9 Å². The Morgan fingerprint density at radius 3 is 2.79 bits per heavy atom. The van der Waals surface area contributed by atoms with Crippen LogP contribution in [0.15, 0.2) is 63.1 Å². The highest BCUT2D eigenvalue weighted by molar-refractivity contribution is 7.16. The third-order valence-electron chi connectivity index (χ3n) is 4.39. The molecule has 0 saturated heterocycles. The molecule has 8 heteroatoms. The van der Waals surface area contributed by atoms with Crippen LogP contribution in [0, 0.1) is 6.92 Å². The van der Waals surface area contributed by atoms with Crippen LogP contribution in [0.1, 0.15) is 27.4 Å². The third-order valence-corrected chi connectivity index (χ3v) is 5.38. The molecular weight excluding hydrogens is 390 g/mol. The predicted molar refractivity (Wildman–Crippen MR) is 112 cm³/mol. The summed E-state index contributed by atoms with van der Waals surface area (Å²) < 4.78 is 5.37. The second-order valence-electron chi connectivity index (χ2n) is 6.52. The molecule has 7 nitrogen and oxygen atoms in total. The van der Waals surface area contributed by atoms with E-state index in [-0.39, 0.29) is 11.5 Å². The number of nitrogens with one attached hydrogen (secondary N) is 2. The van der Waals surface area contributed by atoms with Gasteiger partial charge in [0.25, 0.3) is 5.91 Å². The number of amides is 1. The topological polar surface area (TPSA) is 104 Å². The van der Waals surface area contributed by atoms with Crippen molar-refractivity contribution in [1.82, 2.24) is 4.98 Å². The minimum Gasteiger partial charge on any atom is -0.407 e. The van der Waals surface area contributed by atoms with Crippen LogP contribution in [0.2, 0.25) is 0 Å². The summed E-state index contributed by atoms with van der Waals surface area (Å²) in [5.41, 5.74) is 4.77. The molecule has 0 unspecified atom stereocenters. The van der Waals surface area contributed by atoms with Gasteiger partial charge in [-0.15, -0.1) is 11.3 Å². The summed E-state index contributed by atoms with van der Waals surface area (Å²) in [5.74, 6) is 0.0222. The summed E-state index contributed by atoms with van der Waals surface area (Å²) in [6.45, 7) is 1.86. The highest BCUT2D eigenvalue weighted by atomic mass is 32.1. The Kier molecular flexibility index (Phi) is 5.11. The molecule has 0 bridgehead atoms. The van der Waals surface area contributed by atoms with Crippen LogP contribution in [-0.4, -0.2) is 16.1 Å². The Labute approximate surface area is 169 Å². The van der Waals surface area contributed by atoms with Crippen molar-refractivity contribution in [2.45, 2.75) is 13.3 Å². The fourth-order valence-electron chi connectivity index (χ4n) is 3.00. The van der Waals surface area contributed by atoms with Gasteiger partial charge in [-0.3, -0.25) is 15.5 Å². The molecule has 0 spiro atoms. The molecule has 0 aliphatic rings. The Morgan fingerprint density at radius 1 is 1.17 bits per heavy atom. The number of nitrogens with zero attached hydrogens (tertiary/aromatic N) is 1. The lowest BCUT2D eigenvalue weighted by molar-refractivity contribution is 0.102. The van der Waals surface area contributed by atoms with Gasteiger partial charge in [0.15, 0.2) is 0 Å². The van der Waals surface area contributed by atoms with Gasteiger partial charge in [-0.2, -0.15) is 0 Å². The summed E-state index contributed by atoms with van der Waals surface area (Å²) in [7, 11) is 0. The van der Waals surface area contributed by atoms with E-state index in [1.54, 1.807) is 30.3 Å². The largest absolute Gasteiger partial charge is 0.407 e. The number of anilines is 2. The molecule has 3 N–H and O–H groups in total. The lowest BCUT2D eigenvalue weighted by atomic mass is 10.1. The van der Waals surface area contributed by atoms with E-state index < -0.39 is 0 Å². The molecule has 0 fully saturated rings. The number of thiophene rings is 1. The first-order valence-electron chi connectivity index (χ1n) is 8.82. The highest BCUT2D eigenvalue weighted by Crippen LogP contribution is 2.22. The molecule has 0 aliphatic heterocycles. The first kappa shape index (κ1) is 18.9. The standard InChI is InChI=1S/C21H17N3O4S/c1-12-11-29-20-18(12)21(26)28-17(23-20)9-13-4-2-6-15(8-13)22-19(25)14-5-3-7-16(10-14)24-27/h2-8,10-11,24,27H,9H2,1H3,(H,22,25). The molecule has 0 atom stereocenters. The number of benzene rings is 2. The zero-order valence-corrected chi connectivity index (χ0v) is 16.2. The maximum Gasteiger partial charge on any atom is 0.348 e. The minimum absolute atomic E-state index is 0.306. The van der Waals surface area contributed by atoms with Gasteiger partial charge in [0.05, 0.1) is 11.1 Å². The van der Waals surface area contributed by atoms with Crippen molar-refractivity contribution in [2.24, 2.45) is 0 Å². The molecule has 0 radical (unpaired) electrons. The van der Waals surface area contributed by atoms with E-state index in [1.165, 1.54) is 17.4 Å². The molecule has 0 aliphatic carbocycles. The summed E-state index contributed by atoms with van der Waals surface area (Å²) in [6, 6.07) is 13.7. The maximum absolute atomic E-state index is 12.5. The highest BCUT2D eigenvalue weighted by Gasteiger charge is 2.12. The van der Waals surface area contributed by atoms with E-state index in [2.05, 4.69) is 10.3 Å². The van der Waals surface area contributed by atoms with E-state index in [0.717, 1.165) is 11.1 Å². The molecule has 4 rings (SSSR count). The number of hydrogen-bond acceptors (Lipinski definition) is 7. The van der Waals surface area contributed by atoms with E-state index in [4.69, 9.17) is 9.62 Å². The van der Waals surface area contributed by atoms with Crippen molar-refractivity contribution in [1.29, 1.82) is 0 Å². The van der Waals surface area contributed by atoms with Gasteiger partial charge >= 0.3 is 5.63 Å². The normalized spacial score (nSPS) is 10.8. The third kappa shape index (κ3) is 4.03. The van der Waals surface area contributed by atoms with Gasteiger partial charge in [0.1, 0.15) is 4.83 Å². The number of aryl methyl sites for hydroxylation is 1. The van der Waals surface area contributed by atoms with Crippen molar-refractivity contribution < 1.29 is 14.4 Å². The molecule has 29 heavy (non-hydrogen) atoms. The van der Waals surface area contributed by atoms with Gasteiger partial charge in [-0.05, 0) is 53.8 Å². The molecule has 2 aromatic carbocycles. The number of aromatic nitrogens is 1. The van der Waals surface area contributed by atoms with Crippen LogP contribution < -0.4 is 16.4 Å². The van der Waals surface area contributed by atoms with Crippen LogP contribution in [0.3, 0.4) is 0 Å². The predicted octanol–water partition coefficient (Wildman–Crippen LogP) is 4.20. The molecule has 4 aromatic rings. The number of hydrogen-bond donors (Lipinski definition) is 3. The molecule has 146 valence electrons. The van der Waals surface area contributed by atoms with Crippen molar-refractivity contribution >= 4 is 38.8 Å². The molecule has 1 amide bonds. The van der Waals surface area contributed by atoms with Crippen LogP contribution in [0.25, 0.3) is 10.2 Å². The maximum atomic E-state index is 12.5. The Morgan fingerprint density at radius 2 is 1.97 bits per heavy atom. The van der Waals surface area contributed by atoms with Gasteiger partial charge in [0.2, 0.25) is 5.89 Å². The van der Waals surface area contributed by atoms with Crippen molar-refractivity contribution in [2.75, 3.05) is 10.8 Å². The minimum atomic E-state index is -0.384. The first-order valence-corrected chi connectivity index (χ1v) is 9.70. The van der Waals surface area contributed by atoms with E-state index >= 15 is 0 Å². The average molecular weight is 407 g/mol. The average Bonchev–Trinajstić information content (AvgIpc) is 3.09. The van der Waals surface area contributed by atoms with E-state index in [1.807, 2.05) is 29.9 Å². The second-order valence-corrected chi connectivity index (χ2v) is 7.38. The quantitative estimate of drug-likeness (QED) is 0.428. The summed E-state index contributed by atoms with van der Waals surface area (Å²) in [4.78, 5) is 29.8. The second kappa shape index (κ2) is 7.86. The zero-order chi connectivity index (χ0) is 20.4. The van der Waals surface area contributed by atoms with Crippen LogP contribution in [0.4, 0.5) is 11.4 Å². The summed E-state index contributed by atoms with van der Waals surface area (Å²) in [5, 5.41) is 14.2. The van der Waals surface area contributed by atoms with Gasteiger partial charge in [-0.25, -0.2) is 9.78 Å². The Hall–Kier alpha value is -3.49. The Balaban J connectivity index is 1.54. The van der Waals surface area contributed by atoms with Crippen LogP contribution >= 0.6 is 11.3 Å². The molecule has 0 saturated carbocycles. The lowest BCUT2D eigenvalue weighted by Crippen LogP contribution is -2.12.